The smallest absolute Gasteiger partial charge is 0.337 e. The molecule has 1 heterocycles. The molecular weight excluding hydrogens is 284 g/mol. The number of aromatic carboxylic acids is 1. The minimum absolute atomic E-state index is 0.152. The van der Waals surface area contributed by atoms with Gasteiger partial charge in [0.25, 0.3) is 0 Å². The van der Waals surface area contributed by atoms with Crippen LogP contribution < -0.4 is 11.1 Å². The van der Waals surface area contributed by atoms with Gasteiger partial charge in [-0.1, -0.05) is 19.4 Å². The number of hydrogen-bond acceptors (Lipinski definition) is 4. The highest BCUT2D eigenvalue weighted by Gasteiger charge is 2.15. The summed E-state index contributed by atoms with van der Waals surface area (Å²) in [5, 5.41) is 14.7. The standard InChI is InChI=1S/C16H20N2O2S/c1-3-5-13(14-6-4-7-21-14)18-11-8-10(2)15(17)12(9-11)16(19)20/h4,6-9,13,18H,3,5,17H2,1-2H3,(H,19,20). The third-order valence-corrected chi connectivity index (χ3v) is 4.41. The number of aryl methyl sites for hydroxylation is 1. The van der Waals surface area contributed by atoms with E-state index < -0.39 is 5.97 Å². The normalized spacial score (nSPS) is 12.1. The Kier molecular flexibility index (Phi) is 4.85. The van der Waals surface area contributed by atoms with E-state index in [1.165, 1.54) is 4.88 Å². The van der Waals surface area contributed by atoms with E-state index >= 15 is 0 Å². The van der Waals surface area contributed by atoms with Crippen LogP contribution in [0.4, 0.5) is 11.4 Å². The number of carbonyl (C=O) groups is 1. The molecule has 2 rings (SSSR count). The van der Waals surface area contributed by atoms with Crippen LogP contribution in [-0.4, -0.2) is 11.1 Å². The first kappa shape index (κ1) is 15.4. The Morgan fingerprint density at radius 3 is 2.81 bits per heavy atom. The number of benzene rings is 1. The van der Waals surface area contributed by atoms with Crippen molar-refractivity contribution in [3.05, 3.63) is 45.6 Å². The van der Waals surface area contributed by atoms with Gasteiger partial charge in [0.15, 0.2) is 0 Å². The maximum absolute atomic E-state index is 11.3. The van der Waals surface area contributed by atoms with Gasteiger partial charge in [-0.05, 0) is 42.5 Å². The van der Waals surface area contributed by atoms with Crippen LogP contribution in [0.1, 0.15) is 46.6 Å². The molecule has 0 bridgehead atoms. The molecular formula is C16H20N2O2S. The Balaban J connectivity index is 2.31. The number of nitrogens with two attached hydrogens (primary N) is 1. The van der Waals surface area contributed by atoms with Crippen LogP contribution in [0.3, 0.4) is 0 Å². The maximum atomic E-state index is 11.3. The van der Waals surface area contributed by atoms with E-state index in [0.29, 0.717) is 5.69 Å². The summed E-state index contributed by atoms with van der Waals surface area (Å²) in [5.41, 5.74) is 7.89. The average Bonchev–Trinajstić information content (AvgIpc) is 2.95. The van der Waals surface area contributed by atoms with Crippen LogP contribution in [0.15, 0.2) is 29.6 Å². The second kappa shape index (κ2) is 6.63. The van der Waals surface area contributed by atoms with Crippen molar-refractivity contribution in [3.63, 3.8) is 0 Å². The fourth-order valence-corrected chi connectivity index (χ4v) is 3.14. The summed E-state index contributed by atoms with van der Waals surface area (Å²) in [6.07, 6.45) is 2.04. The summed E-state index contributed by atoms with van der Waals surface area (Å²) >= 11 is 1.70. The number of hydrogen-bond donors (Lipinski definition) is 3. The first-order valence-electron chi connectivity index (χ1n) is 6.96. The molecule has 1 aromatic carbocycles. The van der Waals surface area contributed by atoms with Crippen molar-refractivity contribution in [3.8, 4) is 0 Å². The SMILES string of the molecule is CCCC(Nc1cc(C)c(N)c(C(=O)O)c1)c1cccs1. The highest BCUT2D eigenvalue weighted by Crippen LogP contribution is 2.30. The lowest BCUT2D eigenvalue weighted by atomic mass is 10.1. The summed E-state index contributed by atoms with van der Waals surface area (Å²) in [4.78, 5) is 12.5. The summed E-state index contributed by atoms with van der Waals surface area (Å²) in [7, 11) is 0. The number of nitrogen functional groups attached to an aromatic ring is 1. The molecule has 0 radical (unpaired) electrons. The monoisotopic (exact) mass is 304 g/mol. The molecule has 112 valence electrons. The average molecular weight is 304 g/mol. The third kappa shape index (κ3) is 3.55. The van der Waals surface area contributed by atoms with Crippen LogP contribution in [0, 0.1) is 6.92 Å². The number of nitrogens with one attached hydrogen (secondary N) is 1. The minimum atomic E-state index is -0.998. The molecule has 0 amide bonds. The van der Waals surface area contributed by atoms with Gasteiger partial charge in [0.2, 0.25) is 0 Å². The molecule has 0 aliphatic rings. The Morgan fingerprint density at radius 2 is 2.24 bits per heavy atom. The van der Waals surface area contributed by atoms with Gasteiger partial charge < -0.3 is 16.2 Å². The van der Waals surface area contributed by atoms with E-state index in [4.69, 9.17) is 5.73 Å². The Labute approximate surface area is 128 Å². The van der Waals surface area contributed by atoms with Gasteiger partial charge in [0, 0.05) is 16.3 Å². The largest absolute Gasteiger partial charge is 0.478 e. The van der Waals surface area contributed by atoms with Crippen LogP contribution in [-0.2, 0) is 0 Å². The summed E-state index contributed by atoms with van der Waals surface area (Å²) in [6, 6.07) is 7.83. The zero-order valence-electron chi connectivity index (χ0n) is 12.2. The first-order chi connectivity index (χ1) is 10.0. The van der Waals surface area contributed by atoms with Crippen molar-refractivity contribution in [2.75, 3.05) is 11.1 Å². The minimum Gasteiger partial charge on any atom is -0.478 e. The van der Waals surface area contributed by atoms with Crippen molar-refractivity contribution in [1.82, 2.24) is 0 Å². The molecule has 0 aliphatic carbocycles. The predicted molar refractivity (Wildman–Crippen MR) is 88.1 cm³/mol. The Bertz CT molecular complexity index is 623. The fraction of sp³-hybridized carbons (Fsp3) is 0.312. The molecule has 21 heavy (non-hydrogen) atoms. The van der Waals surface area contributed by atoms with Crippen molar-refractivity contribution in [2.24, 2.45) is 0 Å². The molecule has 0 saturated carbocycles. The molecule has 5 heteroatoms. The second-order valence-electron chi connectivity index (χ2n) is 5.06. The molecule has 0 fully saturated rings. The number of rotatable bonds is 6. The van der Waals surface area contributed by atoms with Gasteiger partial charge in [-0.3, -0.25) is 0 Å². The topological polar surface area (TPSA) is 75.3 Å². The molecule has 0 aliphatic heterocycles. The molecule has 0 spiro atoms. The second-order valence-corrected chi connectivity index (χ2v) is 6.04. The number of anilines is 2. The highest BCUT2D eigenvalue weighted by molar-refractivity contribution is 7.10. The van der Waals surface area contributed by atoms with Crippen LogP contribution in [0.25, 0.3) is 0 Å². The van der Waals surface area contributed by atoms with Crippen molar-refractivity contribution in [2.45, 2.75) is 32.7 Å². The van der Waals surface area contributed by atoms with E-state index in [1.54, 1.807) is 17.4 Å². The highest BCUT2D eigenvalue weighted by atomic mass is 32.1. The number of carboxylic acid groups (broad SMARTS) is 1. The fourth-order valence-electron chi connectivity index (χ4n) is 2.32. The molecule has 1 atom stereocenters. The van der Waals surface area contributed by atoms with Gasteiger partial charge in [-0.2, -0.15) is 0 Å². The zero-order valence-corrected chi connectivity index (χ0v) is 13.0. The van der Waals surface area contributed by atoms with Crippen molar-refractivity contribution < 1.29 is 9.90 Å². The maximum Gasteiger partial charge on any atom is 0.337 e. The van der Waals surface area contributed by atoms with Crippen molar-refractivity contribution in [1.29, 1.82) is 0 Å². The molecule has 1 aromatic heterocycles. The third-order valence-electron chi connectivity index (χ3n) is 3.42. The lowest BCUT2D eigenvalue weighted by Crippen LogP contribution is -2.11. The van der Waals surface area contributed by atoms with Gasteiger partial charge in [-0.15, -0.1) is 11.3 Å². The van der Waals surface area contributed by atoms with Crippen LogP contribution in [0.5, 0.6) is 0 Å². The van der Waals surface area contributed by atoms with Gasteiger partial charge in [0.1, 0.15) is 0 Å². The van der Waals surface area contributed by atoms with Gasteiger partial charge in [-0.25, -0.2) is 4.79 Å². The number of carboxylic acids is 1. The van der Waals surface area contributed by atoms with Crippen molar-refractivity contribution >= 4 is 28.7 Å². The van der Waals surface area contributed by atoms with E-state index in [9.17, 15) is 9.90 Å². The quantitative estimate of drug-likeness (QED) is 0.696. The predicted octanol–water partition coefficient (Wildman–Crippen LogP) is 4.29. The lowest BCUT2D eigenvalue weighted by Gasteiger charge is -2.19. The molecule has 4 nitrogen and oxygen atoms in total. The van der Waals surface area contributed by atoms with Crippen LogP contribution in [0.2, 0.25) is 0 Å². The molecule has 0 saturated heterocycles. The number of thiophene rings is 1. The molecule has 4 N–H and O–H groups in total. The van der Waals surface area contributed by atoms with Gasteiger partial charge >= 0.3 is 5.97 Å². The Hall–Kier alpha value is -2.01. The molecule has 2 aromatic rings. The van der Waals surface area contributed by atoms with E-state index in [2.05, 4.69) is 23.7 Å². The summed E-state index contributed by atoms with van der Waals surface area (Å²) in [5.74, 6) is -0.998. The zero-order chi connectivity index (χ0) is 15.4. The van der Waals surface area contributed by atoms with Crippen LogP contribution >= 0.6 is 11.3 Å². The lowest BCUT2D eigenvalue weighted by molar-refractivity contribution is 0.0698. The molecule has 1 unspecified atom stereocenters. The Morgan fingerprint density at radius 1 is 1.48 bits per heavy atom. The van der Waals surface area contributed by atoms with Gasteiger partial charge in [0.05, 0.1) is 11.6 Å². The van der Waals surface area contributed by atoms with E-state index in [1.807, 2.05) is 19.1 Å². The van der Waals surface area contributed by atoms with E-state index in [-0.39, 0.29) is 11.6 Å². The first-order valence-corrected chi connectivity index (χ1v) is 7.84. The summed E-state index contributed by atoms with van der Waals surface area (Å²) < 4.78 is 0. The van der Waals surface area contributed by atoms with E-state index in [0.717, 1.165) is 24.1 Å². The summed E-state index contributed by atoms with van der Waals surface area (Å²) in [6.45, 7) is 3.96.